The molecule has 20 heavy (non-hydrogen) atoms. The Kier molecular flexibility index (Phi) is 5.88. The molecule has 0 aromatic carbocycles. The Labute approximate surface area is 125 Å². The Bertz CT molecular complexity index is 293. The lowest BCUT2D eigenvalue weighted by atomic mass is 9.70. The second-order valence-corrected chi connectivity index (χ2v) is 7.34. The normalized spacial score (nSPS) is 35.1. The summed E-state index contributed by atoms with van der Waals surface area (Å²) in [6, 6.07) is 1.30. The van der Waals surface area contributed by atoms with Crippen molar-refractivity contribution < 1.29 is 4.74 Å². The molecule has 0 bridgehead atoms. The van der Waals surface area contributed by atoms with Gasteiger partial charge in [-0.25, -0.2) is 0 Å². The lowest BCUT2D eigenvalue weighted by Gasteiger charge is -2.50. The first-order valence-corrected chi connectivity index (χ1v) is 8.61. The van der Waals surface area contributed by atoms with Crippen LogP contribution in [0.15, 0.2) is 0 Å². The number of hydrogen-bond acceptors (Lipinski definition) is 3. The van der Waals surface area contributed by atoms with E-state index in [4.69, 9.17) is 4.74 Å². The van der Waals surface area contributed by atoms with E-state index in [2.05, 4.69) is 38.0 Å². The molecule has 1 saturated carbocycles. The number of rotatable bonds is 5. The van der Waals surface area contributed by atoms with Crippen LogP contribution in [0.1, 0.15) is 59.3 Å². The summed E-state index contributed by atoms with van der Waals surface area (Å²) < 4.78 is 6.01. The monoisotopic (exact) mass is 282 g/mol. The Hall–Kier alpha value is -0.120. The van der Waals surface area contributed by atoms with Gasteiger partial charge in [0.15, 0.2) is 0 Å². The van der Waals surface area contributed by atoms with Crippen LogP contribution < -0.4 is 5.32 Å². The fourth-order valence-electron chi connectivity index (χ4n) is 4.27. The second kappa shape index (κ2) is 7.24. The van der Waals surface area contributed by atoms with Gasteiger partial charge in [-0.1, -0.05) is 27.2 Å². The smallest absolute Gasteiger partial charge is 0.0702 e. The minimum Gasteiger partial charge on any atom is -0.377 e. The van der Waals surface area contributed by atoms with Gasteiger partial charge in [-0.3, -0.25) is 4.90 Å². The second-order valence-electron chi connectivity index (χ2n) is 7.34. The van der Waals surface area contributed by atoms with E-state index in [0.717, 1.165) is 19.6 Å². The number of piperidine rings is 1. The molecule has 0 spiro atoms. The molecule has 2 fully saturated rings. The van der Waals surface area contributed by atoms with Crippen molar-refractivity contribution in [3.8, 4) is 0 Å². The molecule has 0 aromatic heterocycles. The third-order valence-electron chi connectivity index (χ3n) is 5.29. The number of likely N-dealkylation sites (N-methyl/N-ethyl adjacent to an activating group) is 1. The highest BCUT2D eigenvalue weighted by atomic mass is 16.5. The third-order valence-corrected chi connectivity index (χ3v) is 5.29. The van der Waals surface area contributed by atoms with Crippen molar-refractivity contribution in [3.05, 3.63) is 0 Å². The summed E-state index contributed by atoms with van der Waals surface area (Å²) >= 11 is 0. The van der Waals surface area contributed by atoms with E-state index < -0.39 is 0 Å². The molecule has 1 heterocycles. The van der Waals surface area contributed by atoms with E-state index in [1.165, 1.54) is 38.6 Å². The van der Waals surface area contributed by atoms with Crippen LogP contribution >= 0.6 is 0 Å². The van der Waals surface area contributed by atoms with Gasteiger partial charge >= 0.3 is 0 Å². The highest BCUT2D eigenvalue weighted by molar-refractivity contribution is 4.98. The van der Waals surface area contributed by atoms with E-state index in [1.807, 2.05) is 0 Å². The molecule has 0 amide bonds. The minimum atomic E-state index is 0.412. The van der Waals surface area contributed by atoms with Gasteiger partial charge in [-0.2, -0.15) is 0 Å². The zero-order valence-corrected chi connectivity index (χ0v) is 14.0. The number of ether oxygens (including phenoxy) is 1. The lowest BCUT2D eigenvalue weighted by molar-refractivity contribution is -0.0353. The predicted molar refractivity (Wildman–Crippen MR) is 85.1 cm³/mol. The van der Waals surface area contributed by atoms with Crippen molar-refractivity contribution in [2.45, 2.75) is 77.5 Å². The Balaban J connectivity index is 1.98. The molecular weight excluding hydrogens is 248 g/mol. The fraction of sp³-hybridized carbons (Fsp3) is 1.00. The molecule has 1 N–H and O–H groups in total. The van der Waals surface area contributed by atoms with Crippen LogP contribution in [0, 0.1) is 5.41 Å². The first kappa shape index (κ1) is 16.3. The first-order valence-electron chi connectivity index (χ1n) is 8.61. The van der Waals surface area contributed by atoms with E-state index in [9.17, 15) is 0 Å². The quantitative estimate of drug-likeness (QED) is 0.839. The highest BCUT2D eigenvalue weighted by Crippen LogP contribution is 2.38. The van der Waals surface area contributed by atoms with E-state index in [0.29, 0.717) is 23.6 Å². The van der Waals surface area contributed by atoms with Gasteiger partial charge in [0.2, 0.25) is 0 Å². The largest absolute Gasteiger partial charge is 0.377 e. The van der Waals surface area contributed by atoms with Crippen molar-refractivity contribution in [2.75, 3.05) is 26.7 Å². The van der Waals surface area contributed by atoms with Crippen molar-refractivity contribution in [1.29, 1.82) is 0 Å². The molecule has 1 saturated heterocycles. The maximum atomic E-state index is 6.01. The zero-order chi connectivity index (χ0) is 14.6. The van der Waals surface area contributed by atoms with Gasteiger partial charge in [0.05, 0.1) is 6.10 Å². The van der Waals surface area contributed by atoms with Gasteiger partial charge in [-0.15, -0.1) is 0 Å². The molecule has 1 aliphatic heterocycles. The molecule has 0 radical (unpaired) electrons. The standard InChI is InChI=1S/C17H34N2O/c1-5-12-20-14-8-7-11-19(13-14)15-9-6-10-17(2,3)16(15)18-4/h14-16,18H,5-13H2,1-4H3. The molecule has 3 unspecified atom stereocenters. The lowest BCUT2D eigenvalue weighted by Crippen LogP contribution is -2.60. The molecule has 2 aliphatic rings. The van der Waals surface area contributed by atoms with E-state index >= 15 is 0 Å². The summed E-state index contributed by atoms with van der Waals surface area (Å²) in [6.07, 6.45) is 8.19. The molecule has 0 aromatic rings. The summed E-state index contributed by atoms with van der Waals surface area (Å²) in [5, 5.41) is 3.62. The van der Waals surface area contributed by atoms with Crippen LogP contribution in [0.25, 0.3) is 0 Å². The molecule has 3 nitrogen and oxygen atoms in total. The first-order chi connectivity index (χ1) is 9.58. The van der Waals surface area contributed by atoms with E-state index in [-0.39, 0.29) is 0 Å². The molecule has 2 rings (SSSR count). The van der Waals surface area contributed by atoms with Gasteiger partial charge in [0.25, 0.3) is 0 Å². The van der Waals surface area contributed by atoms with Gasteiger partial charge in [0.1, 0.15) is 0 Å². The minimum absolute atomic E-state index is 0.412. The summed E-state index contributed by atoms with van der Waals surface area (Å²) in [6.45, 7) is 10.4. The average molecular weight is 282 g/mol. The Morgan fingerprint density at radius 3 is 2.75 bits per heavy atom. The van der Waals surface area contributed by atoms with Crippen LogP contribution in [-0.2, 0) is 4.74 Å². The van der Waals surface area contributed by atoms with Crippen molar-refractivity contribution in [2.24, 2.45) is 5.41 Å². The van der Waals surface area contributed by atoms with Crippen molar-refractivity contribution in [3.63, 3.8) is 0 Å². The average Bonchev–Trinajstić information content (AvgIpc) is 2.44. The summed E-state index contributed by atoms with van der Waals surface area (Å²) in [5.41, 5.74) is 0.412. The third kappa shape index (κ3) is 3.75. The number of hydrogen-bond donors (Lipinski definition) is 1. The fourth-order valence-corrected chi connectivity index (χ4v) is 4.27. The highest BCUT2D eigenvalue weighted by Gasteiger charge is 2.41. The number of likely N-dealkylation sites (tertiary alicyclic amines) is 1. The molecule has 1 aliphatic carbocycles. The number of nitrogens with zero attached hydrogens (tertiary/aromatic N) is 1. The Morgan fingerprint density at radius 1 is 1.25 bits per heavy atom. The zero-order valence-electron chi connectivity index (χ0n) is 14.0. The predicted octanol–water partition coefficient (Wildman–Crippen LogP) is 3.04. The summed E-state index contributed by atoms with van der Waals surface area (Å²) in [7, 11) is 2.14. The van der Waals surface area contributed by atoms with Crippen LogP contribution in [-0.4, -0.2) is 49.8 Å². The van der Waals surface area contributed by atoms with Gasteiger partial charge in [0, 0.05) is 25.2 Å². The molecule has 118 valence electrons. The van der Waals surface area contributed by atoms with Crippen LogP contribution in [0.3, 0.4) is 0 Å². The SMILES string of the molecule is CCCOC1CCCN(C2CCCC(C)(C)C2NC)C1. The van der Waals surface area contributed by atoms with E-state index in [1.54, 1.807) is 0 Å². The van der Waals surface area contributed by atoms with Crippen LogP contribution in [0.2, 0.25) is 0 Å². The van der Waals surface area contributed by atoms with Crippen LogP contribution in [0.5, 0.6) is 0 Å². The van der Waals surface area contributed by atoms with Gasteiger partial charge in [-0.05, 0) is 51.1 Å². The maximum Gasteiger partial charge on any atom is 0.0702 e. The maximum absolute atomic E-state index is 6.01. The molecule has 3 heteroatoms. The summed E-state index contributed by atoms with van der Waals surface area (Å²) in [4.78, 5) is 2.71. The topological polar surface area (TPSA) is 24.5 Å². The van der Waals surface area contributed by atoms with Crippen molar-refractivity contribution in [1.82, 2.24) is 10.2 Å². The van der Waals surface area contributed by atoms with Crippen molar-refractivity contribution >= 4 is 0 Å². The summed E-state index contributed by atoms with van der Waals surface area (Å²) in [5.74, 6) is 0. The van der Waals surface area contributed by atoms with Gasteiger partial charge < -0.3 is 10.1 Å². The molecule has 3 atom stereocenters. The Morgan fingerprint density at radius 2 is 2.05 bits per heavy atom. The molecular formula is C17H34N2O. The van der Waals surface area contributed by atoms with Crippen LogP contribution in [0.4, 0.5) is 0 Å². The number of nitrogens with one attached hydrogen (secondary N) is 1.